The van der Waals surface area contributed by atoms with Crippen molar-refractivity contribution in [2.45, 2.75) is 16.9 Å². The maximum Gasteiger partial charge on any atom is 0.252 e. The smallest absolute Gasteiger partial charge is 0.252 e. The summed E-state index contributed by atoms with van der Waals surface area (Å²) in [6, 6.07) is 11.7. The van der Waals surface area contributed by atoms with Gasteiger partial charge in [-0.25, -0.2) is 8.42 Å². The molecule has 1 aromatic carbocycles. The second-order valence-corrected chi connectivity index (χ2v) is 11.9. The number of halogens is 1. The normalized spacial score (nSPS) is 15.9. The van der Waals surface area contributed by atoms with E-state index >= 15 is 0 Å². The van der Waals surface area contributed by atoms with Crippen molar-refractivity contribution in [3.63, 3.8) is 0 Å². The number of piperazine rings is 1. The lowest BCUT2D eigenvalue weighted by Gasteiger charge is -2.33. The summed E-state index contributed by atoms with van der Waals surface area (Å²) in [5, 5.41) is 0. The highest BCUT2D eigenvalue weighted by Gasteiger charge is 2.30. The minimum absolute atomic E-state index is 0.0722. The zero-order valence-electron chi connectivity index (χ0n) is 14.9. The lowest BCUT2D eigenvalue weighted by molar-refractivity contribution is -0.129. The number of amides is 1. The summed E-state index contributed by atoms with van der Waals surface area (Å²) in [6.07, 6.45) is 0. The van der Waals surface area contributed by atoms with Gasteiger partial charge in [0.2, 0.25) is 5.91 Å². The van der Waals surface area contributed by atoms with Crippen LogP contribution in [0.25, 0.3) is 0 Å². The van der Waals surface area contributed by atoms with Crippen molar-refractivity contribution < 1.29 is 13.2 Å². The molecule has 2 aromatic rings. The van der Waals surface area contributed by atoms with Crippen LogP contribution in [0.15, 0.2) is 44.4 Å². The maximum absolute atomic E-state index is 12.6. The summed E-state index contributed by atoms with van der Waals surface area (Å²) in [4.78, 5) is 14.2. The third-order valence-corrected chi connectivity index (χ3v) is 9.33. The van der Waals surface area contributed by atoms with Crippen molar-refractivity contribution in [3.05, 3.63) is 51.3 Å². The van der Waals surface area contributed by atoms with E-state index in [-0.39, 0.29) is 5.91 Å². The van der Waals surface area contributed by atoms with Crippen molar-refractivity contribution >= 4 is 55.0 Å². The third kappa shape index (κ3) is 5.35. The number of aryl methyl sites for hydroxylation is 1. The number of hydrogen-bond donors (Lipinski definition) is 0. The minimum Gasteiger partial charge on any atom is -0.339 e. The molecule has 0 unspecified atom stereocenters. The first-order valence-corrected chi connectivity index (χ1v) is 12.7. The van der Waals surface area contributed by atoms with E-state index in [4.69, 9.17) is 0 Å². The van der Waals surface area contributed by atoms with E-state index in [9.17, 15) is 13.2 Å². The first kappa shape index (κ1) is 20.9. The summed E-state index contributed by atoms with van der Waals surface area (Å²) in [6.45, 7) is 3.61. The van der Waals surface area contributed by atoms with E-state index in [0.717, 1.165) is 9.54 Å². The van der Waals surface area contributed by atoms with Crippen molar-refractivity contribution in [1.82, 2.24) is 9.21 Å². The lowest BCUT2D eigenvalue weighted by atomic mass is 10.2. The van der Waals surface area contributed by atoms with Gasteiger partial charge in [0.1, 0.15) is 4.21 Å². The number of nitrogens with zero attached hydrogens (tertiary/aromatic N) is 2. The van der Waals surface area contributed by atoms with Gasteiger partial charge in [0, 0.05) is 31.9 Å². The fourth-order valence-electron chi connectivity index (χ4n) is 2.77. The lowest BCUT2D eigenvalue weighted by Crippen LogP contribution is -2.50. The quantitative estimate of drug-likeness (QED) is 0.623. The van der Waals surface area contributed by atoms with Crippen LogP contribution in [0, 0.1) is 6.92 Å². The van der Waals surface area contributed by atoms with E-state index in [0.29, 0.717) is 36.1 Å². The summed E-state index contributed by atoms with van der Waals surface area (Å²) in [5.74, 6) is 1.29. The molecule has 27 heavy (non-hydrogen) atoms. The second-order valence-electron chi connectivity index (χ2n) is 6.32. The fraction of sp³-hybridized carbons (Fsp3) is 0.389. The molecule has 0 spiro atoms. The van der Waals surface area contributed by atoms with E-state index in [1.807, 2.05) is 0 Å². The van der Waals surface area contributed by atoms with Gasteiger partial charge in [0.05, 0.1) is 9.54 Å². The Morgan fingerprint density at radius 2 is 1.78 bits per heavy atom. The summed E-state index contributed by atoms with van der Waals surface area (Å²) >= 11 is 6.10. The van der Waals surface area contributed by atoms with Gasteiger partial charge in [0.15, 0.2) is 0 Å². The van der Waals surface area contributed by atoms with Crippen LogP contribution in [-0.4, -0.2) is 55.5 Å². The van der Waals surface area contributed by atoms with Gasteiger partial charge in [-0.1, -0.05) is 29.8 Å². The topological polar surface area (TPSA) is 57.7 Å². The van der Waals surface area contributed by atoms with Gasteiger partial charge in [-0.2, -0.15) is 4.31 Å². The molecule has 1 saturated heterocycles. The Kier molecular flexibility index (Phi) is 7.02. The van der Waals surface area contributed by atoms with Crippen LogP contribution >= 0.6 is 39.0 Å². The molecule has 0 atom stereocenters. The van der Waals surface area contributed by atoms with Crippen LogP contribution in [0.3, 0.4) is 0 Å². The van der Waals surface area contributed by atoms with E-state index in [1.165, 1.54) is 26.8 Å². The Labute approximate surface area is 176 Å². The van der Waals surface area contributed by atoms with Gasteiger partial charge in [-0.05, 0) is 40.5 Å². The molecular formula is C18H21BrN2O3S3. The molecule has 1 fully saturated rings. The zero-order valence-corrected chi connectivity index (χ0v) is 19.0. The molecule has 9 heteroatoms. The molecule has 3 rings (SSSR count). The molecule has 1 aliphatic rings. The second kappa shape index (κ2) is 9.09. The van der Waals surface area contributed by atoms with Gasteiger partial charge in [-0.3, -0.25) is 4.79 Å². The Morgan fingerprint density at radius 1 is 1.11 bits per heavy atom. The number of rotatable bonds is 6. The van der Waals surface area contributed by atoms with Crippen LogP contribution in [-0.2, 0) is 20.6 Å². The Balaban J connectivity index is 1.47. The molecule has 0 radical (unpaired) electrons. The predicted molar refractivity (Wildman–Crippen MR) is 115 cm³/mol. The van der Waals surface area contributed by atoms with Gasteiger partial charge >= 0.3 is 0 Å². The number of hydrogen-bond acceptors (Lipinski definition) is 5. The largest absolute Gasteiger partial charge is 0.339 e. The van der Waals surface area contributed by atoms with Gasteiger partial charge in [0.25, 0.3) is 10.0 Å². The number of carbonyl (C=O) groups excluding carboxylic acids is 1. The summed E-state index contributed by atoms with van der Waals surface area (Å²) in [5.41, 5.74) is 2.43. The molecule has 0 N–H and O–H groups in total. The van der Waals surface area contributed by atoms with Crippen LogP contribution in [0.2, 0.25) is 0 Å². The molecule has 0 aliphatic carbocycles. The average molecular weight is 489 g/mol. The zero-order chi connectivity index (χ0) is 19.4. The number of carbonyl (C=O) groups is 1. The first-order valence-electron chi connectivity index (χ1n) is 8.53. The number of sulfonamides is 1. The molecule has 0 bridgehead atoms. The molecule has 0 saturated carbocycles. The van der Waals surface area contributed by atoms with Crippen LogP contribution in [0.4, 0.5) is 0 Å². The van der Waals surface area contributed by atoms with Gasteiger partial charge < -0.3 is 4.90 Å². The van der Waals surface area contributed by atoms with Crippen LogP contribution in [0.1, 0.15) is 11.1 Å². The van der Waals surface area contributed by atoms with Crippen LogP contribution < -0.4 is 0 Å². The number of thioether (sulfide) groups is 1. The monoisotopic (exact) mass is 488 g/mol. The highest BCUT2D eigenvalue weighted by atomic mass is 79.9. The molecular weight excluding hydrogens is 468 g/mol. The highest BCUT2D eigenvalue weighted by Crippen LogP contribution is 2.29. The van der Waals surface area contributed by atoms with Crippen molar-refractivity contribution in [1.29, 1.82) is 0 Å². The van der Waals surface area contributed by atoms with E-state index < -0.39 is 10.0 Å². The predicted octanol–water partition coefficient (Wildman–Crippen LogP) is 3.59. The average Bonchev–Trinajstić information content (AvgIpc) is 3.10. The summed E-state index contributed by atoms with van der Waals surface area (Å²) in [7, 11) is -3.47. The van der Waals surface area contributed by atoms with Crippen molar-refractivity contribution in [2.24, 2.45) is 0 Å². The standard InChI is InChI=1S/C18H21BrN2O3S3/c1-14-2-4-15(5-3-14)12-25-13-17(22)20-8-10-21(11-9-20)27(23,24)18-7-6-16(19)26-18/h2-7H,8-13H2,1H3. The molecule has 1 aliphatic heterocycles. The Bertz CT molecular complexity index is 889. The fourth-order valence-corrected chi connectivity index (χ4v) is 7.25. The Hall–Kier alpha value is -0.870. The maximum atomic E-state index is 12.6. The Morgan fingerprint density at radius 3 is 2.37 bits per heavy atom. The first-order chi connectivity index (χ1) is 12.9. The van der Waals surface area contributed by atoms with Crippen LogP contribution in [0.5, 0.6) is 0 Å². The molecule has 146 valence electrons. The van der Waals surface area contributed by atoms with Crippen molar-refractivity contribution in [3.8, 4) is 0 Å². The molecule has 1 aromatic heterocycles. The molecule has 1 amide bonds. The van der Waals surface area contributed by atoms with E-state index in [2.05, 4.69) is 47.1 Å². The summed E-state index contributed by atoms with van der Waals surface area (Å²) < 4.78 is 27.9. The third-order valence-electron chi connectivity index (χ3n) is 4.35. The molecule has 5 nitrogen and oxygen atoms in total. The number of benzene rings is 1. The van der Waals surface area contributed by atoms with E-state index in [1.54, 1.807) is 28.8 Å². The SMILES string of the molecule is Cc1ccc(CSCC(=O)N2CCN(S(=O)(=O)c3ccc(Br)s3)CC2)cc1. The molecule has 2 heterocycles. The highest BCUT2D eigenvalue weighted by molar-refractivity contribution is 9.11. The minimum atomic E-state index is -3.47. The van der Waals surface area contributed by atoms with Crippen molar-refractivity contribution in [2.75, 3.05) is 31.9 Å². The van der Waals surface area contributed by atoms with Gasteiger partial charge in [-0.15, -0.1) is 23.1 Å². The number of thiophene rings is 1.